The molecule has 0 unspecified atom stereocenters. The predicted molar refractivity (Wildman–Crippen MR) is 81.7 cm³/mol. The van der Waals surface area contributed by atoms with E-state index in [1.807, 2.05) is 23.1 Å². The van der Waals surface area contributed by atoms with Gasteiger partial charge in [0.25, 0.3) is 0 Å². The molecule has 98 valence electrons. The van der Waals surface area contributed by atoms with Crippen molar-refractivity contribution in [2.24, 2.45) is 10.4 Å². The van der Waals surface area contributed by atoms with Crippen molar-refractivity contribution in [3.8, 4) is 0 Å². The van der Waals surface area contributed by atoms with Crippen LogP contribution < -0.4 is 5.32 Å². The molecule has 1 aromatic rings. The van der Waals surface area contributed by atoms with Crippen LogP contribution in [0.2, 0.25) is 0 Å². The Bertz CT molecular complexity index is 405. The van der Waals surface area contributed by atoms with E-state index in [9.17, 15) is 0 Å². The number of amidine groups is 1. The number of hydrogen-bond donors (Lipinski definition) is 1. The lowest BCUT2D eigenvalue weighted by Crippen LogP contribution is -2.34. The molecule has 2 aliphatic rings. The van der Waals surface area contributed by atoms with E-state index in [1.165, 1.54) is 41.5 Å². The Balaban J connectivity index is 1.45. The standard InChI is InChI=1S/C14H20N2S2/c1-2-7-14(6-1)10-16-13(18-11-14)15-8-5-12-4-3-9-17-12/h3-4,9H,1-2,5-8,10-11H2,(H,15,16). The fourth-order valence-corrected chi connectivity index (χ4v) is 4.73. The first kappa shape index (κ1) is 12.5. The summed E-state index contributed by atoms with van der Waals surface area (Å²) >= 11 is 3.78. The second-order valence-electron chi connectivity index (χ2n) is 5.37. The summed E-state index contributed by atoms with van der Waals surface area (Å²) < 4.78 is 0. The Labute approximate surface area is 117 Å². The highest BCUT2D eigenvalue weighted by atomic mass is 32.2. The Kier molecular flexibility index (Phi) is 3.94. The SMILES string of the molecule is c1csc(CCNC2=NCC3(CCCC3)CS2)c1. The highest BCUT2D eigenvalue weighted by Crippen LogP contribution is 2.43. The summed E-state index contributed by atoms with van der Waals surface area (Å²) in [4.78, 5) is 6.21. The van der Waals surface area contributed by atoms with E-state index in [0.717, 1.165) is 19.5 Å². The molecule has 1 fully saturated rings. The molecule has 0 amide bonds. The van der Waals surface area contributed by atoms with Gasteiger partial charge in [-0.05, 0) is 36.1 Å². The molecule has 3 rings (SSSR count). The van der Waals surface area contributed by atoms with Gasteiger partial charge in [-0.1, -0.05) is 30.7 Å². The molecule has 1 aliphatic heterocycles. The molecule has 1 aromatic heterocycles. The number of nitrogens with one attached hydrogen (secondary N) is 1. The molecule has 1 spiro atoms. The third-order valence-corrected chi connectivity index (χ3v) is 6.20. The summed E-state index contributed by atoms with van der Waals surface area (Å²) in [6, 6.07) is 4.33. The molecule has 1 N–H and O–H groups in total. The van der Waals surface area contributed by atoms with Gasteiger partial charge in [-0.15, -0.1) is 11.3 Å². The first-order valence-electron chi connectivity index (χ1n) is 6.80. The van der Waals surface area contributed by atoms with Crippen LogP contribution in [0.15, 0.2) is 22.5 Å². The van der Waals surface area contributed by atoms with Crippen molar-refractivity contribution in [3.05, 3.63) is 22.4 Å². The lowest BCUT2D eigenvalue weighted by atomic mass is 9.89. The lowest BCUT2D eigenvalue weighted by Gasteiger charge is -2.31. The number of aliphatic imine (C=N–C) groups is 1. The van der Waals surface area contributed by atoms with Crippen LogP contribution in [-0.2, 0) is 6.42 Å². The van der Waals surface area contributed by atoms with Crippen LogP contribution in [0, 0.1) is 5.41 Å². The smallest absolute Gasteiger partial charge is 0.156 e. The van der Waals surface area contributed by atoms with Crippen molar-refractivity contribution in [3.63, 3.8) is 0 Å². The van der Waals surface area contributed by atoms with Gasteiger partial charge in [0.1, 0.15) is 0 Å². The van der Waals surface area contributed by atoms with Crippen LogP contribution in [0.5, 0.6) is 0 Å². The summed E-state index contributed by atoms with van der Waals surface area (Å²) in [6.07, 6.45) is 6.73. The third kappa shape index (κ3) is 2.91. The normalized spacial score (nSPS) is 22.1. The first-order valence-corrected chi connectivity index (χ1v) is 8.66. The summed E-state index contributed by atoms with van der Waals surface area (Å²) in [7, 11) is 0. The zero-order valence-corrected chi connectivity index (χ0v) is 12.3. The van der Waals surface area contributed by atoms with Gasteiger partial charge in [-0.2, -0.15) is 0 Å². The van der Waals surface area contributed by atoms with Gasteiger partial charge in [0, 0.05) is 23.7 Å². The molecular formula is C14H20N2S2. The van der Waals surface area contributed by atoms with Crippen molar-refractivity contribution < 1.29 is 0 Å². The summed E-state index contributed by atoms with van der Waals surface area (Å²) in [5, 5.41) is 6.80. The fourth-order valence-electron chi connectivity index (χ4n) is 2.83. The Morgan fingerprint density at radius 3 is 2.89 bits per heavy atom. The van der Waals surface area contributed by atoms with Crippen LogP contribution in [0.4, 0.5) is 0 Å². The zero-order chi connectivity index (χ0) is 12.3. The van der Waals surface area contributed by atoms with E-state index in [0.29, 0.717) is 5.41 Å². The number of hydrogen-bond acceptors (Lipinski definition) is 4. The highest BCUT2D eigenvalue weighted by molar-refractivity contribution is 8.13. The number of nitrogens with zero attached hydrogens (tertiary/aromatic N) is 1. The lowest BCUT2D eigenvalue weighted by molar-refractivity contribution is 0.358. The molecule has 1 aliphatic carbocycles. The second kappa shape index (κ2) is 5.66. The summed E-state index contributed by atoms with van der Waals surface area (Å²) in [5.41, 5.74) is 0.559. The van der Waals surface area contributed by atoms with E-state index >= 15 is 0 Å². The maximum absolute atomic E-state index is 4.76. The predicted octanol–water partition coefficient (Wildman–Crippen LogP) is 3.54. The van der Waals surface area contributed by atoms with Crippen LogP contribution in [0.1, 0.15) is 30.6 Å². The van der Waals surface area contributed by atoms with Crippen molar-refractivity contribution in [1.82, 2.24) is 5.32 Å². The summed E-state index contributed by atoms with van der Waals surface area (Å²) in [5.74, 6) is 1.28. The maximum Gasteiger partial charge on any atom is 0.156 e. The van der Waals surface area contributed by atoms with Crippen LogP contribution in [0.25, 0.3) is 0 Å². The van der Waals surface area contributed by atoms with Crippen LogP contribution in [-0.4, -0.2) is 24.0 Å². The molecule has 2 heterocycles. The molecule has 0 atom stereocenters. The van der Waals surface area contributed by atoms with E-state index in [4.69, 9.17) is 4.99 Å². The minimum Gasteiger partial charge on any atom is -0.365 e. The van der Waals surface area contributed by atoms with Gasteiger partial charge in [-0.3, -0.25) is 4.99 Å². The van der Waals surface area contributed by atoms with E-state index in [2.05, 4.69) is 22.8 Å². The topological polar surface area (TPSA) is 24.4 Å². The average molecular weight is 280 g/mol. The van der Waals surface area contributed by atoms with Gasteiger partial charge in [-0.25, -0.2) is 0 Å². The van der Waals surface area contributed by atoms with Crippen molar-refractivity contribution in [2.75, 3.05) is 18.8 Å². The van der Waals surface area contributed by atoms with Crippen molar-refractivity contribution >= 4 is 28.3 Å². The average Bonchev–Trinajstić information content (AvgIpc) is 3.04. The molecule has 0 saturated heterocycles. The highest BCUT2D eigenvalue weighted by Gasteiger charge is 2.36. The van der Waals surface area contributed by atoms with Crippen LogP contribution in [0.3, 0.4) is 0 Å². The fraction of sp³-hybridized carbons (Fsp3) is 0.643. The van der Waals surface area contributed by atoms with Gasteiger partial charge in [0.2, 0.25) is 0 Å². The number of rotatable bonds is 3. The van der Waals surface area contributed by atoms with Crippen molar-refractivity contribution in [1.29, 1.82) is 0 Å². The van der Waals surface area contributed by atoms with E-state index in [-0.39, 0.29) is 0 Å². The molecule has 0 bridgehead atoms. The molecule has 18 heavy (non-hydrogen) atoms. The quantitative estimate of drug-likeness (QED) is 0.916. The van der Waals surface area contributed by atoms with Gasteiger partial charge in [0.05, 0.1) is 0 Å². The largest absolute Gasteiger partial charge is 0.365 e. The van der Waals surface area contributed by atoms with Gasteiger partial charge < -0.3 is 5.32 Å². The summed E-state index contributed by atoms with van der Waals surface area (Å²) in [6.45, 7) is 2.07. The van der Waals surface area contributed by atoms with E-state index < -0.39 is 0 Å². The Morgan fingerprint density at radius 1 is 1.33 bits per heavy atom. The maximum atomic E-state index is 4.76. The first-order chi connectivity index (χ1) is 8.86. The number of thiophene rings is 1. The van der Waals surface area contributed by atoms with Gasteiger partial charge in [0.15, 0.2) is 5.17 Å². The van der Waals surface area contributed by atoms with Crippen molar-refractivity contribution in [2.45, 2.75) is 32.1 Å². The zero-order valence-electron chi connectivity index (χ0n) is 10.7. The molecule has 0 radical (unpaired) electrons. The van der Waals surface area contributed by atoms with Crippen LogP contribution >= 0.6 is 23.1 Å². The molecule has 1 saturated carbocycles. The Hall–Kier alpha value is -0.480. The Morgan fingerprint density at radius 2 is 2.22 bits per heavy atom. The second-order valence-corrected chi connectivity index (χ2v) is 7.37. The molecular weight excluding hydrogens is 260 g/mol. The molecule has 0 aromatic carbocycles. The number of thioether (sulfide) groups is 1. The monoisotopic (exact) mass is 280 g/mol. The third-order valence-electron chi connectivity index (χ3n) is 3.97. The van der Waals surface area contributed by atoms with E-state index in [1.54, 1.807) is 0 Å². The molecule has 2 nitrogen and oxygen atoms in total. The minimum absolute atomic E-state index is 0.559. The van der Waals surface area contributed by atoms with Gasteiger partial charge >= 0.3 is 0 Å². The molecule has 4 heteroatoms. The minimum atomic E-state index is 0.559.